The van der Waals surface area contributed by atoms with Crippen molar-refractivity contribution < 1.29 is 17.9 Å². The number of alkyl halides is 3. The van der Waals surface area contributed by atoms with Gasteiger partial charge in [-0.2, -0.15) is 0 Å². The number of nitrogens with one attached hydrogen (secondary N) is 1. The van der Waals surface area contributed by atoms with Crippen LogP contribution in [-0.2, 0) is 4.74 Å². The summed E-state index contributed by atoms with van der Waals surface area (Å²) in [5, 5.41) is 3.58. The molecule has 0 bridgehead atoms. The van der Waals surface area contributed by atoms with E-state index in [-0.39, 0.29) is 0 Å². The minimum atomic E-state index is -4.46. The molecule has 0 saturated carbocycles. The average molecular weight is 344 g/mol. The fraction of sp³-hybridized carbons (Fsp3) is 0.556. The van der Waals surface area contributed by atoms with Crippen LogP contribution in [0.1, 0.15) is 31.7 Å². The number of benzene rings is 1. The van der Waals surface area contributed by atoms with Crippen molar-refractivity contribution in [1.29, 1.82) is 0 Å². The molecule has 0 unspecified atom stereocenters. The standard InChI is InChI=1S/C16H24N2.C2H3F3O/c1-3-11-18-12-9-16(10-13-18)17-14(2)15-7-5-4-6-8-15;1-6-2(3,4)5/h4-8,16-17H,2-3,9-13H2,1H3;1H3. The Morgan fingerprint density at radius 3 is 2.25 bits per heavy atom. The molecule has 0 aromatic heterocycles. The number of rotatable bonds is 5. The molecule has 1 saturated heterocycles. The van der Waals surface area contributed by atoms with Crippen molar-refractivity contribution >= 4 is 5.70 Å². The minimum Gasteiger partial charge on any atom is -0.382 e. The topological polar surface area (TPSA) is 24.5 Å². The Bertz CT molecular complexity index is 469. The third kappa shape index (κ3) is 8.36. The predicted molar refractivity (Wildman–Crippen MR) is 91.4 cm³/mol. The van der Waals surface area contributed by atoms with Gasteiger partial charge in [0.15, 0.2) is 0 Å². The molecule has 2 rings (SSSR count). The van der Waals surface area contributed by atoms with Crippen LogP contribution in [0.5, 0.6) is 0 Å². The maximum absolute atomic E-state index is 10.6. The van der Waals surface area contributed by atoms with Crippen LogP contribution in [0, 0.1) is 0 Å². The van der Waals surface area contributed by atoms with E-state index in [9.17, 15) is 13.2 Å². The lowest BCUT2D eigenvalue weighted by atomic mass is 10.0. The van der Waals surface area contributed by atoms with Crippen molar-refractivity contribution in [3.63, 3.8) is 0 Å². The first-order chi connectivity index (χ1) is 11.4. The van der Waals surface area contributed by atoms with Crippen molar-refractivity contribution in [1.82, 2.24) is 10.2 Å². The lowest BCUT2D eigenvalue weighted by molar-refractivity contribution is -0.311. The van der Waals surface area contributed by atoms with Crippen molar-refractivity contribution in [3.05, 3.63) is 42.5 Å². The van der Waals surface area contributed by atoms with Gasteiger partial charge in [-0.3, -0.25) is 4.74 Å². The first-order valence-electron chi connectivity index (χ1n) is 8.20. The van der Waals surface area contributed by atoms with Gasteiger partial charge in [0, 0.05) is 31.9 Å². The monoisotopic (exact) mass is 344 g/mol. The Morgan fingerprint density at radius 2 is 1.79 bits per heavy atom. The number of likely N-dealkylation sites (tertiary alicyclic amines) is 1. The smallest absolute Gasteiger partial charge is 0.382 e. The van der Waals surface area contributed by atoms with Gasteiger partial charge < -0.3 is 10.2 Å². The highest BCUT2D eigenvalue weighted by atomic mass is 19.4. The quantitative estimate of drug-likeness (QED) is 0.863. The average Bonchev–Trinajstić information content (AvgIpc) is 2.57. The molecule has 0 spiro atoms. The van der Waals surface area contributed by atoms with E-state index in [1.54, 1.807) is 0 Å². The second-order valence-corrected chi connectivity index (χ2v) is 5.75. The van der Waals surface area contributed by atoms with Gasteiger partial charge in [0.05, 0.1) is 0 Å². The van der Waals surface area contributed by atoms with Gasteiger partial charge in [-0.05, 0) is 31.4 Å². The summed E-state index contributed by atoms with van der Waals surface area (Å²) < 4.78 is 34.6. The molecule has 1 N–H and O–H groups in total. The minimum absolute atomic E-state index is 0.583. The highest BCUT2D eigenvalue weighted by Gasteiger charge is 2.25. The van der Waals surface area contributed by atoms with Crippen LogP contribution in [0.4, 0.5) is 13.2 Å². The largest absolute Gasteiger partial charge is 0.522 e. The molecular formula is C18H27F3N2O. The highest BCUT2D eigenvalue weighted by molar-refractivity contribution is 5.61. The first kappa shape index (κ1) is 20.5. The van der Waals surface area contributed by atoms with Crippen LogP contribution in [-0.4, -0.2) is 44.0 Å². The molecule has 1 aliphatic rings. The van der Waals surface area contributed by atoms with Crippen LogP contribution in [0.3, 0.4) is 0 Å². The summed E-state index contributed by atoms with van der Waals surface area (Å²) in [7, 11) is 0.583. The molecule has 1 aliphatic heterocycles. The molecule has 0 radical (unpaired) electrons. The lowest BCUT2D eigenvalue weighted by Crippen LogP contribution is -2.41. The Morgan fingerprint density at radius 1 is 1.25 bits per heavy atom. The van der Waals surface area contributed by atoms with Gasteiger partial charge >= 0.3 is 6.36 Å². The maximum atomic E-state index is 10.6. The Kier molecular flexibility index (Phi) is 8.85. The second kappa shape index (κ2) is 10.4. The maximum Gasteiger partial charge on any atom is 0.522 e. The van der Waals surface area contributed by atoms with E-state index in [0.29, 0.717) is 13.2 Å². The predicted octanol–water partition coefficient (Wildman–Crippen LogP) is 4.27. The molecule has 136 valence electrons. The molecule has 1 heterocycles. The molecule has 0 amide bonds. The van der Waals surface area contributed by atoms with Gasteiger partial charge in [0.2, 0.25) is 0 Å². The number of nitrogens with zero attached hydrogens (tertiary/aromatic N) is 1. The van der Waals surface area contributed by atoms with Crippen molar-refractivity contribution in [2.24, 2.45) is 0 Å². The third-order valence-electron chi connectivity index (χ3n) is 3.86. The van der Waals surface area contributed by atoms with Crippen molar-refractivity contribution in [3.8, 4) is 0 Å². The van der Waals surface area contributed by atoms with Gasteiger partial charge in [0.1, 0.15) is 0 Å². The van der Waals surface area contributed by atoms with E-state index in [1.807, 2.05) is 6.07 Å². The number of halogens is 3. The van der Waals surface area contributed by atoms with Gasteiger partial charge in [-0.1, -0.05) is 43.8 Å². The summed E-state index contributed by atoms with van der Waals surface area (Å²) in [5.41, 5.74) is 2.26. The van der Waals surface area contributed by atoms with E-state index in [1.165, 1.54) is 44.5 Å². The zero-order chi connectivity index (χ0) is 18.0. The zero-order valence-corrected chi connectivity index (χ0v) is 14.4. The number of hydrogen-bond acceptors (Lipinski definition) is 3. The Hall–Kier alpha value is -1.53. The van der Waals surface area contributed by atoms with E-state index in [4.69, 9.17) is 0 Å². The molecule has 0 atom stereocenters. The van der Waals surface area contributed by atoms with Crippen LogP contribution >= 0.6 is 0 Å². The Balaban J connectivity index is 0.000000413. The lowest BCUT2D eigenvalue weighted by Gasteiger charge is -2.33. The normalized spacial score (nSPS) is 16.2. The number of hydrogen-bond donors (Lipinski definition) is 1. The summed E-state index contributed by atoms with van der Waals surface area (Å²) in [6.45, 7) is 10.1. The number of methoxy groups -OCH3 is 1. The molecule has 1 aromatic rings. The van der Waals surface area contributed by atoms with E-state index >= 15 is 0 Å². The van der Waals surface area contributed by atoms with Gasteiger partial charge in [0.25, 0.3) is 0 Å². The molecule has 1 fully saturated rings. The molecule has 6 heteroatoms. The molecule has 1 aromatic carbocycles. The van der Waals surface area contributed by atoms with E-state index in [0.717, 1.165) is 5.70 Å². The van der Waals surface area contributed by atoms with Crippen LogP contribution in [0.25, 0.3) is 5.70 Å². The summed E-state index contributed by atoms with van der Waals surface area (Å²) in [6, 6.07) is 11.0. The summed E-state index contributed by atoms with van der Waals surface area (Å²) >= 11 is 0. The third-order valence-corrected chi connectivity index (χ3v) is 3.86. The van der Waals surface area contributed by atoms with Crippen LogP contribution < -0.4 is 5.32 Å². The van der Waals surface area contributed by atoms with Crippen LogP contribution in [0.2, 0.25) is 0 Å². The van der Waals surface area contributed by atoms with Crippen molar-refractivity contribution in [2.75, 3.05) is 26.7 Å². The molecule has 24 heavy (non-hydrogen) atoms. The fourth-order valence-corrected chi connectivity index (χ4v) is 2.59. The van der Waals surface area contributed by atoms with E-state index < -0.39 is 6.36 Å². The fourth-order valence-electron chi connectivity index (χ4n) is 2.59. The Labute approximate surface area is 142 Å². The highest BCUT2D eigenvalue weighted by Crippen LogP contribution is 2.15. The summed E-state index contributed by atoms with van der Waals surface area (Å²) in [4.78, 5) is 2.56. The zero-order valence-electron chi connectivity index (χ0n) is 14.4. The first-order valence-corrected chi connectivity index (χ1v) is 8.20. The SMILES string of the molecule is C=C(NC1CCN(CCC)CC1)c1ccccc1.COC(F)(F)F. The molecule has 0 aliphatic carbocycles. The summed E-state index contributed by atoms with van der Waals surface area (Å²) in [6.07, 6.45) is -0.744. The number of ether oxygens (including phenoxy) is 1. The van der Waals surface area contributed by atoms with E-state index in [2.05, 4.69) is 52.7 Å². The van der Waals surface area contributed by atoms with Gasteiger partial charge in [-0.25, -0.2) is 0 Å². The van der Waals surface area contributed by atoms with Crippen LogP contribution in [0.15, 0.2) is 36.9 Å². The summed E-state index contributed by atoms with van der Waals surface area (Å²) in [5.74, 6) is 0. The second-order valence-electron chi connectivity index (χ2n) is 5.75. The van der Waals surface area contributed by atoms with Gasteiger partial charge in [-0.15, -0.1) is 13.2 Å². The molecule has 3 nitrogen and oxygen atoms in total. The number of piperidine rings is 1. The molecular weight excluding hydrogens is 317 g/mol. The van der Waals surface area contributed by atoms with Crippen molar-refractivity contribution in [2.45, 2.75) is 38.6 Å².